The lowest BCUT2D eigenvalue weighted by molar-refractivity contribution is 0.626. The van der Waals surface area contributed by atoms with Gasteiger partial charge in [0.25, 0.3) is 0 Å². The van der Waals surface area contributed by atoms with Crippen LogP contribution in [0.3, 0.4) is 0 Å². The van der Waals surface area contributed by atoms with E-state index in [0.717, 1.165) is 11.3 Å². The van der Waals surface area contributed by atoms with Gasteiger partial charge in [-0.15, -0.1) is 0 Å². The van der Waals surface area contributed by atoms with Crippen LogP contribution in [0.5, 0.6) is 0 Å². The van der Waals surface area contributed by atoms with Gasteiger partial charge in [-0.2, -0.15) is 0 Å². The highest BCUT2D eigenvalue weighted by Crippen LogP contribution is 2.06. The summed E-state index contributed by atoms with van der Waals surface area (Å²) in [6, 6.07) is 6.49. The summed E-state index contributed by atoms with van der Waals surface area (Å²) in [4.78, 5) is 4.17. The summed E-state index contributed by atoms with van der Waals surface area (Å²) in [5, 5.41) is 0. The molecule has 0 unspecified atom stereocenters. The van der Waals surface area contributed by atoms with Gasteiger partial charge in [-0.1, -0.05) is 12.1 Å². The Bertz CT molecular complexity index is 431. The minimum absolute atomic E-state index is 0.206. The van der Waals surface area contributed by atoms with Crippen LogP contribution in [0.15, 0.2) is 36.8 Å². The van der Waals surface area contributed by atoms with Gasteiger partial charge in [0.15, 0.2) is 0 Å². The standard InChI is InChI=1S/C12H12FN2/c1-2-12-8-15(9-14-12)7-10-3-5-11(13)6-4-10/h3-6,8-9H,1-2,7H2. The summed E-state index contributed by atoms with van der Waals surface area (Å²) in [5.74, 6) is -0.206. The number of rotatable bonds is 3. The van der Waals surface area contributed by atoms with Crippen LogP contribution < -0.4 is 0 Å². The van der Waals surface area contributed by atoms with Gasteiger partial charge in [0.1, 0.15) is 5.82 Å². The van der Waals surface area contributed by atoms with E-state index in [9.17, 15) is 4.39 Å². The summed E-state index contributed by atoms with van der Waals surface area (Å²) >= 11 is 0. The maximum absolute atomic E-state index is 12.7. The molecule has 2 rings (SSSR count). The number of nitrogens with zero attached hydrogens (tertiary/aromatic N) is 2. The molecule has 2 nitrogen and oxygen atoms in total. The first kappa shape index (κ1) is 9.90. The Labute approximate surface area is 88.4 Å². The van der Waals surface area contributed by atoms with Gasteiger partial charge >= 0.3 is 0 Å². The van der Waals surface area contributed by atoms with Gasteiger partial charge in [0.2, 0.25) is 0 Å². The second kappa shape index (κ2) is 4.26. The normalized spacial score (nSPS) is 10.5. The molecule has 0 aliphatic rings. The molecule has 0 aliphatic carbocycles. The second-order valence-electron chi connectivity index (χ2n) is 3.41. The topological polar surface area (TPSA) is 17.8 Å². The van der Waals surface area contributed by atoms with Gasteiger partial charge in [0, 0.05) is 12.7 Å². The van der Waals surface area contributed by atoms with Gasteiger partial charge in [-0.25, -0.2) is 9.37 Å². The molecule has 0 saturated carbocycles. The Morgan fingerprint density at radius 1 is 1.27 bits per heavy atom. The summed E-state index contributed by atoms with van der Waals surface area (Å²) in [7, 11) is 0. The van der Waals surface area contributed by atoms with Crippen LogP contribution in [-0.2, 0) is 13.0 Å². The number of imidazole rings is 1. The van der Waals surface area contributed by atoms with Crippen molar-refractivity contribution >= 4 is 0 Å². The molecule has 0 spiro atoms. The smallest absolute Gasteiger partial charge is 0.123 e. The molecule has 15 heavy (non-hydrogen) atoms. The highest BCUT2D eigenvalue weighted by molar-refractivity contribution is 5.16. The van der Waals surface area contributed by atoms with Gasteiger partial charge in [-0.05, 0) is 31.0 Å². The van der Waals surface area contributed by atoms with Crippen molar-refractivity contribution < 1.29 is 4.39 Å². The number of halogens is 1. The van der Waals surface area contributed by atoms with Crippen LogP contribution in [0.4, 0.5) is 4.39 Å². The summed E-state index contributed by atoms with van der Waals surface area (Å²) in [5.41, 5.74) is 2.03. The Morgan fingerprint density at radius 3 is 2.60 bits per heavy atom. The van der Waals surface area contributed by atoms with Crippen LogP contribution in [0, 0.1) is 12.7 Å². The lowest BCUT2D eigenvalue weighted by atomic mass is 10.2. The van der Waals surface area contributed by atoms with Gasteiger partial charge in [0.05, 0.1) is 12.0 Å². The predicted molar refractivity (Wildman–Crippen MR) is 56.8 cm³/mol. The third kappa shape index (κ3) is 2.43. The van der Waals surface area contributed by atoms with Crippen molar-refractivity contribution in [3.05, 3.63) is 60.8 Å². The number of benzene rings is 1. The number of aromatic nitrogens is 2. The predicted octanol–water partition coefficient (Wildman–Crippen LogP) is 2.45. The minimum atomic E-state index is -0.206. The fourth-order valence-corrected chi connectivity index (χ4v) is 1.42. The SMILES string of the molecule is [CH2]Cc1cn(Cc2ccc(F)cc2)cn1. The average molecular weight is 203 g/mol. The molecule has 0 N–H and O–H groups in total. The van der Waals surface area contributed by atoms with Crippen molar-refractivity contribution in [3.8, 4) is 0 Å². The Hall–Kier alpha value is -1.64. The Kier molecular flexibility index (Phi) is 2.81. The highest BCUT2D eigenvalue weighted by atomic mass is 19.1. The van der Waals surface area contributed by atoms with E-state index in [1.165, 1.54) is 12.1 Å². The van der Waals surface area contributed by atoms with E-state index in [1.54, 1.807) is 18.5 Å². The van der Waals surface area contributed by atoms with Crippen molar-refractivity contribution in [1.82, 2.24) is 9.55 Å². The zero-order valence-electron chi connectivity index (χ0n) is 8.36. The van der Waals surface area contributed by atoms with E-state index in [4.69, 9.17) is 0 Å². The zero-order valence-corrected chi connectivity index (χ0v) is 8.36. The summed E-state index contributed by atoms with van der Waals surface area (Å²) in [6.07, 6.45) is 4.41. The molecular weight excluding hydrogens is 191 g/mol. The van der Waals surface area contributed by atoms with Crippen molar-refractivity contribution in [1.29, 1.82) is 0 Å². The molecule has 77 valence electrons. The van der Waals surface area contributed by atoms with E-state index in [1.807, 2.05) is 10.8 Å². The zero-order chi connectivity index (χ0) is 10.7. The molecule has 1 aromatic carbocycles. The maximum Gasteiger partial charge on any atom is 0.123 e. The first-order chi connectivity index (χ1) is 7.28. The molecule has 0 saturated heterocycles. The Balaban J connectivity index is 2.11. The fourth-order valence-electron chi connectivity index (χ4n) is 1.42. The lowest BCUT2D eigenvalue weighted by Crippen LogP contribution is -1.96. The molecule has 3 heteroatoms. The molecule has 1 radical (unpaired) electrons. The Morgan fingerprint density at radius 2 is 2.00 bits per heavy atom. The van der Waals surface area contributed by atoms with Gasteiger partial charge in [-0.3, -0.25) is 0 Å². The molecule has 0 bridgehead atoms. The van der Waals surface area contributed by atoms with Crippen LogP contribution in [0.25, 0.3) is 0 Å². The second-order valence-corrected chi connectivity index (χ2v) is 3.41. The van der Waals surface area contributed by atoms with Crippen LogP contribution in [-0.4, -0.2) is 9.55 Å². The molecule has 0 amide bonds. The minimum Gasteiger partial charge on any atom is -0.333 e. The van der Waals surface area contributed by atoms with Crippen LogP contribution in [0.1, 0.15) is 11.3 Å². The quantitative estimate of drug-likeness (QED) is 0.749. The maximum atomic E-state index is 12.7. The summed E-state index contributed by atoms with van der Waals surface area (Å²) in [6.45, 7) is 4.48. The summed E-state index contributed by atoms with van der Waals surface area (Å²) < 4.78 is 14.6. The van der Waals surface area contributed by atoms with E-state index in [2.05, 4.69) is 11.9 Å². The first-order valence-electron chi connectivity index (χ1n) is 4.82. The van der Waals surface area contributed by atoms with Crippen LogP contribution >= 0.6 is 0 Å². The van der Waals surface area contributed by atoms with Crippen molar-refractivity contribution in [3.63, 3.8) is 0 Å². The van der Waals surface area contributed by atoms with Crippen molar-refractivity contribution in [2.24, 2.45) is 0 Å². The van der Waals surface area contributed by atoms with Crippen molar-refractivity contribution in [2.75, 3.05) is 0 Å². The largest absolute Gasteiger partial charge is 0.333 e. The molecule has 0 fully saturated rings. The number of hydrogen-bond acceptors (Lipinski definition) is 1. The lowest BCUT2D eigenvalue weighted by Gasteiger charge is -2.01. The van der Waals surface area contributed by atoms with E-state index < -0.39 is 0 Å². The molecular formula is C12H12FN2. The average Bonchev–Trinajstić information content (AvgIpc) is 2.69. The number of hydrogen-bond donors (Lipinski definition) is 0. The molecule has 0 aliphatic heterocycles. The first-order valence-corrected chi connectivity index (χ1v) is 4.82. The molecule has 0 atom stereocenters. The van der Waals surface area contributed by atoms with Crippen LogP contribution in [0.2, 0.25) is 0 Å². The highest BCUT2D eigenvalue weighted by Gasteiger charge is 1.98. The van der Waals surface area contributed by atoms with Gasteiger partial charge < -0.3 is 4.57 Å². The van der Waals surface area contributed by atoms with Crippen molar-refractivity contribution in [2.45, 2.75) is 13.0 Å². The molecule has 2 aromatic rings. The third-order valence-corrected chi connectivity index (χ3v) is 2.22. The van der Waals surface area contributed by atoms with E-state index >= 15 is 0 Å². The molecule has 1 heterocycles. The van der Waals surface area contributed by atoms with E-state index in [-0.39, 0.29) is 5.82 Å². The third-order valence-electron chi connectivity index (χ3n) is 2.22. The monoisotopic (exact) mass is 203 g/mol. The molecule has 1 aromatic heterocycles. The fraction of sp³-hybridized carbons (Fsp3) is 0.167. The van der Waals surface area contributed by atoms with E-state index in [0.29, 0.717) is 13.0 Å².